The van der Waals surface area contributed by atoms with Crippen molar-refractivity contribution in [1.82, 2.24) is 5.32 Å². The van der Waals surface area contributed by atoms with E-state index in [1.807, 2.05) is 19.9 Å². The zero-order chi connectivity index (χ0) is 11.3. The Hall–Kier alpha value is -1.45. The molecule has 1 aliphatic heterocycles. The highest BCUT2D eigenvalue weighted by molar-refractivity contribution is 5.73. The molecular weight excluding hydrogens is 194 g/mol. The summed E-state index contributed by atoms with van der Waals surface area (Å²) in [5, 5.41) is 12.0. The Morgan fingerprint density at radius 3 is 2.87 bits per heavy atom. The van der Waals surface area contributed by atoms with Gasteiger partial charge in [-0.15, -0.1) is 0 Å². The third-order valence-electron chi connectivity index (χ3n) is 2.09. The number of rotatable bonds is 5. The number of allylic oxidation sites excluding steroid dienone is 1. The lowest BCUT2D eigenvalue weighted by Crippen LogP contribution is -2.37. The van der Waals surface area contributed by atoms with Gasteiger partial charge in [-0.3, -0.25) is 0 Å². The summed E-state index contributed by atoms with van der Waals surface area (Å²) in [6.45, 7) is 4.50. The van der Waals surface area contributed by atoms with Gasteiger partial charge < -0.3 is 15.2 Å². The van der Waals surface area contributed by atoms with Gasteiger partial charge in [0, 0.05) is 5.70 Å². The van der Waals surface area contributed by atoms with E-state index in [2.05, 4.69) is 5.32 Å². The first-order chi connectivity index (χ1) is 7.09. The van der Waals surface area contributed by atoms with Crippen LogP contribution in [0.2, 0.25) is 0 Å². The predicted octanol–water partition coefficient (Wildman–Crippen LogP) is 1.50. The first kappa shape index (κ1) is 11.6. The minimum atomic E-state index is -0.815. The van der Waals surface area contributed by atoms with E-state index in [9.17, 15) is 4.79 Å². The van der Waals surface area contributed by atoms with Crippen LogP contribution in [0.1, 0.15) is 20.3 Å². The number of nitrogens with one attached hydrogen (secondary N) is 1. The summed E-state index contributed by atoms with van der Waals surface area (Å²) in [6.07, 6.45) is 5.74. The molecule has 1 atom stereocenters. The second-order valence-electron chi connectivity index (χ2n) is 3.96. The maximum absolute atomic E-state index is 11.0. The molecule has 4 heteroatoms. The predicted molar refractivity (Wildman–Crippen MR) is 57.2 cm³/mol. The molecule has 84 valence electrons. The van der Waals surface area contributed by atoms with E-state index in [1.54, 1.807) is 12.3 Å². The van der Waals surface area contributed by atoms with Gasteiger partial charge in [-0.2, -0.15) is 0 Å². The Balaban J connectivity index is 2.54. The molecule has 0 fully saturated rings. The molecule has 1 aliphatic rings. The van der Waals surface area contributed by atoms with Crippen LogP contribution in [0.15, 0.2) is 24.1 Å². The van der Waals surface area contributed by atoms with E-state index in [4.69, 9.17) is 9.84 Å². The molecule has 0 aromatic rings. The van der Waals surface area contributed by atoms with Crippen molar-refractivity contribution in [1.29, 1.82) is 0 Å². The molecule has 0 saturated carbocycles. The van der Waals surface area contributed by atoms with Gasteiger partial charge in [-0.05, 0) is 24.5 Å². The van der Waals surface area contributed by atoms with Crippen LogP contribution in [-0.4, -0.2) is 23.7 Å². The second-order valence-corrected chi connectivity index (χ2v) is 3.96. The van der Waals surface area contributed by atoms with Gasteiger partial charge in [-0.1, -0.05) is 13.8 Å². The van der Waals surface area contributed by atoms with Crippen molar-refractivity contribution in [2.45, 2.75) is 26.3 Å². The molecule has 0 spiro atoms. The maximum atomic E-state index is 11.0. The average Bonchev–Trinajstić information content (AvgIpc) is 2.17. The van der Waals surface area contributed by atoms with Gasteiger partial charge in [0.25, 0.3) is 0 Å². The number of carbonyl (C=O) groups is 1. The van der Waals surface area contributed by atoms with E-state index in [-0.39, 0.29) is 0 Å². The highest BCUT2D eigenvalue weighted by Gasteiger charge is 2.18. The standard InChI is InChI=1S/C11H17NO3/c1-8(2)7-10(11(13)14)12-9-3-5-15-6-4-9/h3-5,8,10,12H,6-7H2,1-2H3,(H,13,14). The number of hydrogen-bond acceptors (Lipinski definition) is 3. The molecule has 1 rings (SSSR count). The minimum absolute atomic E-state index is 0.350. The maximum Gasteiger partial charge on any atom is 0.326 e. The molecule has 0 amide bonds. The van der Waals surface area contributed by atoms with Crippen molar-refractivity contribution in [3.05, 3.63) is 24.1 Å². The fourth-order valence-electron chi connectivity index (χ4n) is 1.38. The largest absolute Gasteiger partial charge is 0.497 e. The Labute approximate surface area is 89.6 Å². The molecule has 2 N–H and O–H groups in total. The molecule has 0 saturated heterocycles. The van der Waals surface area contributed by atoms with Crippen LogP contribution >= 0.6 is 0 Å². The normalized spacial score (nSPS) is 16.9. The summed E-state index contributed by atoms with van der Waals surface area (Å²) in [7, 11) is 0. The van der Waals surface area contributed by atoms with E-state index in [0.717, 1.165) is 5.70 Å². The summed E-state index contributed by atoms with van der Waals surface area (Å²) >= 11 is 0. The topological polar surface area (TPSA) is 58.6 Å². The first-order valence-corrected chi connectivity index (χ1v) is 5.07. The molecule has 0 bridgehead atoms. The SMILES string of the molecule is CC(C)CC(NC1=CCOC=C1)C(=O)O. The lowest BCUT2D eigenvalue weighted by Gasteiger charge is -2.19. The monoisotopic (exact) mass is 211 g/mol. The Kier molecular flexibility index (Phi) is 4.21. The summed E-state index contributed by atoms with van der Waals surface area (Å²) in [5.41, 5.74) is 0.814. The van der Waals surface area contributed by atoms with Crippen molar-refractivity contribution in [3.63, 3.8) is 0 Å². The third kappa shape index (κ3) is 4.06. The zero-order valence-corrected chi connectivity index (χ0v) is 9.06. The summed E-state index contributed by atoms with van der Waals surface area (Å²) < 4.78 is 4.98. The molecule has 0 aliphatic carbocycles. The van der Waals surface area contributed by atoms with E-state index in [0.29, 0.717) is 18.9 Å². The van der Waals surface area contributed by atoms with E-state index < -0.39 is 12.0 Å². The van der Waals surface area contributed by atoms with Gasteiger partial charge in [0.1, 0.15) is 12.6 Å². The quantitative estimate of drug-likeness (QED) is 0.723. The van der Waals surface area contributed by atoms with Crippen molar-refractivity contribution >= 4 is 5.97 Å². The molecule has 15 heavy (non-hydrogen) atoms. The highest BCUT2D eigenvalue weighted by Crippen LogP contribution is 2.08. The smallest absolute Gasteiger partial charge is 0.326 e. The summed E-state index contributed by atoms with van der Waals surface area (Å²) in [6, 6.07) is -0.529. The average molecular weight is 211 g/mol. The van der Waals surface area contributed by atoms with Crippen LogP contribution in [-0.2, 0) is 9.53 Å². The number of hydrogen-bond donors (Lipinski definition) is 2. The molecule has 0 aromatic carbocycles. The number of carboxylic acids is 1. The second kappa shape index (κ2) is 5.44. The Morgan fingerprint density at radius 1 is 1.67 bits per heavy atom. The van der Waals surface area contributed by atoms with Crippen LogP contribution in [0.5, 0.6) is 0 Å². The van der Waals surface area contributed by atoms with Gasteiger partial charge in [0.15, 0.2) is 0 Å². The van der Waals surface area contributed by atoms with E-state index >= 15 is 0 Å². The highest BCUT2D eigenvalue weighted by atomic mass is 16.5. The number of ether oxygens (including phenoxy) is 1. The molecular formula is C11H17NO3. The molecule has 0 radical (unpaired) electrons. The summed E-state index contributed by atoms with van der Waals surface area (Å²) in [4.78, 5) is 11.0. The van der Waals surface area contributed by atoms with Gasteiger partial charge in [0.05, 0.1) is 6.26 Å². The minimum Gasteiger partial charge on any atom is -0.497 e. The fourth-order valence-corrected chi connectivity index (χ4v) is 1.38. The van der Waals surface area contributed by atoms with Crippen LogP contribution in [0.25, 0.3) is 0 Å². The fraction of sp³-hybridized carbons (Fsp3) is 0.545. The lowest BCUT2D eigenvalue weighted by atomic mass is 10.0. The number of carboxylic acid groups (broad SMARTS) is 1. The van der Waals surface area contributed by atoms with Gasteiger partial charge >= 0.3 is 5.97 Å². The van der Waals surface area contributed by atoms with E-state index in [1.165, 1.54) is 0 Å². The van der Waals surface area contributed by atoms with Crippen LogP contribution in [0, 0.1) is 5.92 Å². The first-order valence-electron chi connectivity index (χ1n) is 5.07. The third-order valence-corrected chi connectivity index (χ3v) is 2.09. The molecule has 1 heterocycles. The van der Waals surface area contributed by atoms with Gasteiger partial charge in [0.2, 0.25) is 0 Å². The Morgan fingerprint density at radius 2 is 2.40 bits per heavy atom. The molecule has 0 aromatic heterocycles. The molecule has 4 nitrogen and oxygen atoms in total. The zero-order valence-electron chi connectivity index (χ0n) is 9.06. The summed E-state index contributed by atoms with van der Waals surface area (Å²) in [5.74, 6) is -0.465. The number of aliphatic carboxylic acids is 1. The molecule has 1 unspecified atom stereocenters. The van der Waals surface area contributed by atoms with Crippen LogP contribution < -0.4 is 5.32 Å². The van der Waals surface area contributed by atoms with Crippen LogP contribution in [0.4, 0.5) is 0 Å². The van der Waals surface area contributed by atoms with Crippen molar-refractivity contribution in [2.75, 3.05) is 6.61 Å². The van der Waals surface area contributed by atoms with Crippen LogP contribution in [0.3, 0.4) is 0 Å². The van der Waals surface area contributed by atoms with Crippen molar-refractivity contribution in [2.24, 2.45) is 5.92 Å². The lowest BCUT2D eigenvalue weighted by molar-refractivity contribution is -0.139. The Bertz CT molecular complexity index is 282. The van der Waals surface area contributed by atoms with Crippen molar-refractivity contribution in [3.8, 4) is 0 Å². The van der Waals surface area contributed by atoms with Gasteiger partial charge in [-0.25, -0.2) is 4.79 Å². The van der Waals surface area contributed by atoms with Crippen molar-refractivity contribution < 1.29 is 14.6 Å².